The predicted molar refractivity (Wildman–Crippen MR) is 73.4 cm³/mol. The van der Waals surface area contributed by atoms with Crippen molar-refractivity contribution in [1.82, 2.24) is 5.32 Å². The zero-order chi connectivity index (χ0) is 14.7. The van der Waals surface area contributed by atoms with Gasteiger partial charge in [-0.25, -0.2) is 8.78 Å². The number of carbonyl (C=O) groups excluding carboxylic acids is 1. The Kier molecular flexibility index (Phi) is 4.70. The number of nitrogens with two attached hydrogens (primary N) is 1. The Hall–Kier alpha value is -1.49. The summed E-state index contributed by atoms with van der Waals surface area (Å²) in [6, 6.07) is 2.69. The van der Waals surface area contributed by atoms with Crippen LogP contribution in [0.4, 0.5) is 8.78 Å². The quantitative estimate of drug-likeness (QED) is 0.895. The lowest BCUT2D eigenvalue weighted by Crippen LogP contribution is -2.35. The molecule has 110 valence electrons. The lowest BCUT2D eigenvalue weighted by Gasteiger charge is -2.26. The Morgan fingerprint density at radius 1 is 1.30 bits per heavy atom. The summed E-state index contributed by atoms with van der Waals surface area (Å²) in [5, 5.41) is 2.63. The Balaban J connectivity index is 1.97. The van der Waals surface area contributed by atoms with Crippen LogP contribution in [0.15, 0.2) is 12.1 Å². The third-order valence-electron chi connectivity index (χ3n) is 3.95. The van der Waals surface area contributed by atoms with Gasteiger partial charge in [-0.05, 0) is 50.2 Å². The maximum atomic E-state index is 13.8. The van der Waals surface area contributed by atoms with Crippen molar-refractivity contribution in [2.45, 2.75) is 38.6 Å². The van der Waals surface area contributed by atoms with E-state index in [-0.39, 0.29) is 11.6 Å². The fraction of sp³-hybridized carbons (Fsp3) is 0.533. The van der Waals surface area contributed by atoms with Crippen molar-refractivity contribution >= 4 is 5.91 Å². The van der Waals surface area contributed by atoms with E-state index in [2.05, 4.69) is 5.32 Å². The molecule has 2 rings (SSSR count). The molecule has 1 aromatic rings. The third-order valence-corrected chi connectivity index (χ3v) is 3.95. The Bertz CT molecular complexity index is 497. The summed E-state index contributed by atoms with van der Waals surface area (Å²) < 4.78 is 27.4. The fourth-order valence-electron chi connectivity index (χ4n) is 2.58. The van der Waals surface area contributed by atoms with E-state index in [0.29, 0.717) is 12.5 Å². The first-order valence-corrected chi connectivity index (χ1v) is 6.97. The van der Waals surface area contributed by atoms with Crippen LogP contribution in [0.1, 0.15) is 41.6 Å². The topological polar surface area (TPSA) is 55.1 Å². The number of carbonyl (C=O) groups is 1. The first-order valence-electron chi connectivity index (χ1n) is 6.97. The molecule has 1 aliphatic rings. The van der Waals surface area contributed by atoms with Gasteiger partial charge < -0.3 is 11.1 Å². The minimum absolute atomic E-state index is 0.244. The number of halogens is 2. The van der Waals surface area contributed by atoms with Crippen LogP contribution >= 0.6 is 0 Å². The number of hydrogen-bond acceptors (Lipinski definition) is 2. The molecule has 1 aliphatic carbocycles. The molecule has 5 heteroatoms. The lowest BCUT2D eigenvalue weighted by atomic mass is 9.86. The number of benzene rings is 1. The number of hydrogen-bond donors (Lipinski definition) is 2. The molecule has 20 heavy (non-hydrogen) atoms. The average Bonchev–Trinajstić information content (AvgIpc) is 2.43. The molecule has 0 heterocycles. The summed E-state index contributed by atoms with van der Waals surface area (Å²) >= 11 is 0. The highest BCUT2D eigenvalue weighted by atomic mass is 19.1. The SMILES string of the molecule is Cc1ccc(F)c(C(=O)NCC2CCC(N)CC2)c1F. The van der Waals surface area contributed by atoms with E-state index >= 15 is 0 Å². The Morgan fingerprint density at radius 2 is 1.95 bits per heavy atom. The van der Waals surface area contributed by atoms with Crippen LogP contribution in [-0.4, -0.2) is 18.5 Å². The van der Waals surface area contributed by atoms with Crippen molar-refractivity contribution in [2.75, 3.05) is 6.54 Å². The fourth-order valence-corrected chi connectivity index (χ4v) is 2.58. The summed E-state index contributed by atoms with van der Waals surface area (Å²) in [6.45, 7) is 1.95. The molecule has 3 nitrogen and oxygen atoms in total. The normalized spacial score (nSPS) is 22.6. The molecule has 1 fully saturated rings. The molecule has 0 unspecified atom stereocenters. The highest BCUT2D eigenvalue weighted by molar-refractivity contribution is 5.94. The van der Waals surface area contributed by atoms with E-state index in [1.807, 2.05) is 0 Å². The van der Waals surface area contributed by atoms with Crippen molar-refractivity contribution in [1.29, 1.82) is 0 Å². The van der Waals surface area contributed by atoms with Gasteiger partial charge in [-0.1, -0.05) is 6.07 Å². The summed E-state index contributed by atoms with van der Waals surface area (Å²) in [5.41, 5.74) is 5.59. The maximum Gasteiger partial charge on any atom is 0.257 e. The van der Waals surface area contributed by atoms with Gasteiger partial charge >= 0.3 is 0 Å². The highest BCUT2D eigenvalue weighted by Gasteiger charge is 2.22. The molecule has 0 radical (unpaired) electrons. The third kappa shape index (κ3) is 3.33. The second-order valence-electron chi connectivity index (χ2n) is 5.54. The van der Waals surface area contributed by atoms with E-state index in [1.165, 1.54) is 13.0 Å². The monoisotopic (exact) mass is 282 g/mol. The molecule has 0 atom stereocenters. The lowest BCUT2D eigenvalue weighted by molar-refractivity contribution is 0.0934. The van der Waals surface area contributed by atoms with Gasteiger partial charge in [0.15, 0.2) is 0 Å². The van der Waals surface area contributed by atoms with Gasteiger partial charge in [0.05, 0.1) is 0 Å². The van der Waals surface area contributed by atoms with E-state index in [1.54, 1.807) is 0 Å². The van der Waals surface area contributed by atoms with E-state index < -0.39 is 23.1 Å². The molecule has 0 spiro atoms. The first kappa shape index (κ1) is 14.9. The van der Waals surface area contributed by atoms with Gasteiger partial charge in [-0.15, -0.1) is 0 Å². The zero-order valence-electron chi connectivity index (χ0n) is 11.6. The van der Waals surface area contributed by atoms with E-state index in [0.717, 1.165) is 31.7 Å². The number of rotatable bonds is 3. The summed E-state index contributed by atoms with van der Waals surface area (Å²) in [6.07, 6.45) is 3.77. The largest absolute Gasteiger partial charge is 0.352 e. The van der Waals surface area contributed by atoms with E-state index in [9.17, 15) is 13.6 Å². The average molecular weight is 282 g/mol. The standard InChI is InChI=1S/C15H20F2N2O/c1-9-2-7-12(16)13(14(9)17)15(20)19-8-10-3-5-11(18)6-4-10/h2,7,10-11H,3-6,8,18H2,1H3,(H,19,20). The molecule has 1 amide bonds. The van der Waals surface area contributed by atoms with Gasteiger partial charge in [-0.2, -0.15) is 0 Å². The van der Waals surface area contributed by atoms with Crippen LogP contribution < -0.4 is 11.1 Å². The highest BCUT2D eigenvalue weighted by Crippen LogP contribution is 2.23. The van der Waals surface area contributed by atoms with Gasteiger partial charge in [0, 0.05) is 12.6 Å². The number of aryl methyl sites for hydroxylation is 1. The number of amides is 1. The minimum Gasteiger partial charge on any atom is -0.352 e. The van der Waals surface area contributed by atoms with Crippen molar-refractivity contribution in [2.24, 2.45) is 11.7 Å². The second-order valence-corrected chi connectivity index (χ2v) is 5.54. The molecule has 3 N–H and O–H groups in total. The van der Waals surface area contributed by atoms with Crippen molar-refractivity contribution < 1.29 is 13.6 Å². The smallest absolute Gasteiger partial charge is 0.257 e. The van der Waals surface area contributed by atoms with Crippen LogP contribution in [0.25, 0.3) is 0 Å². The molecule has 0 aromatic heterocycles. The summed E-state index contributed by atoms with van der Waals surface area (Å²) in [4.78, 5) is 11.9. The van der Waals surface area contributed by atoms with Gasteiger partial charge in [-0.3, -0.25) is 4.79 Å². The van der Waals surface area contributed by atoms with Gasteiger partial charge in [0.25, 0.3) is 5.91 Å². The van der Waals surface area contributed by atoms with E-state index in [4.69, 9.17) is 5.73 Å². The first-order chi connectivity index (χ1) is 9.49. The summed E-state index contributed by atoms with van der Waals surface area (Å²) in [5.74, 6) is -1.95. The molecular weight excluding hydrogens is 262 g/mol. The maximum absolute atomic E-state index is 13.8. The van der Waals surface area contributed by atoms with Crippen LogP contribution in [0.2, 0.25) is 0 Å². The van der Waals surface area contributed by atoms with Gasteiger partial charge in [0.1, 0.15) is 17.2 Å². The van der Waals surface area contributed by atoms with Crippen LogP contribution in [0.5, 0.6) is 0 Å². The molecule has 0 aliphatic heterocycles. The number of nitrogens with one attached hydrogen (secondary N) is 1. The minimum atomic E-state index is -0.823. The molecule has 1 aromatic carbocycles. The Labute approximate surface area is 117 Å². The van der Waals surface area contributed by atoms with Crippen LogP contribution in [0, 0.1) is 24.5 Å². The van der Waals surface area contributed by atoms with Crippen LogP contribution in [-0.2, 0) is 0 Å². The summed E-state index contributed by atoms with van der Waals surface area (Å²) in [7, 11) is 0. The molecular formula is C15H20F2N2O. The molecule has 0 saturated heterocycles. The van der Waals surface area contributed by atoms with Crippen molar-refractivity contribution in [3.05, 3.63) is 34.9 Å². The van der Waals surface area contributed by atoms with Crippen molar-refractivity contribution in [3.63, 3.8) is 0 Å². The predicted octanol–water partition coefficient (Wildman–Crippen LogP) is 2.52. The molecule has 0 bridgehead atoms. The zero-order valence-corrected chi connectivity index (χ0v) is 11.6. The van der Waals surface area contributed by atoms with Crippen LogP contribution in [0.3, 0.4) is 0 Å². The molecule has 1 saturated carbocycles. The Morgan fingerprint density at radius 3 is 2.60 bits per heavy atom. The second kappa shape index (κ2) is 6.31. The van der Waals surface area contributed by atoms with Crippen molar-refractivity contribution in [3.8, 4) is 0 Å². The van der Waals surface area contributed by atoms with Gasteiger partial charge in [0.2, 0.25) is 0 Å².